The van der Waals surface area contributed by atoms with Crippen molar-refractivity contribution in [2.24, 2.45) is 0 Å². The lowest BCUT2D eigenvalue weighted by molar-refractivity contribution is 0.236. The van der Waals surface area contributed by atoms with Crippen molar-refractivity contribution in [2.75, 3.05) is 13.2 Å². The van der Waals surface area contributed by atoms with Crippen LogP contribution >= 0.6 is 0 Å². The summed E-state index contributed by atoms with van der Waals surface area (Å²) in [5, 5.41) is 5.63. The molecule has 2 aromatic rings. The van der Waals surface area contributed by atoms with Gasteiger partial charge in [0.1, 0.15) is 12.4 Å². The Morgan fingerprint density at radius 3 is 2.70 bits per heavy atom. The van der Waals surface area contributed by atoms with E-state index in [1.165, 1.54) is 24.0 Å². The van der Waals surface area contributed by atoms with Gasteiger partial charge in [-0.2, -0.15) is 0 Å². The van der Waals surface area contributed by atoms with Gasteiger partial charge in [-0.3, -0.25) is 0 Å². The smallest absolute Gasteiger partial charge is 0.315 e. The Kier molecular flexibility index (Phi) is 5.14. The first-order valence-electron chi connectivity index (χ1n) is 8.11. The Labute approximate surface area is 136 Å². The number of fused-ring (bicyclic) bond motifs is 1. The predicted octanol–water partition coefficient (Wildman–Crippen LogP) is 3.05. The van der Waals surface area contributed by atoms with Crippen LogP contribution < -0.4 is 15.4 Å². The van der Waals surface area contributed by atoms with Gasteiger partial charge in [-0.05, 0) is 48.1 Å². The van der Waals surface area contributed by atoms with Gasteiger partial charge in [-0.1, -0.05) is 36.4 Å². The van der Waals surface area contributed by atoms with Crippen LogP contribution in [0.1, 0.15) is 23.1 Å². The minimum Gasteiger partial charge on any atom is -0.492 e. The SMILES string of the molecule is O=C(NCCOc1ccc2c(c1)CCC2)NCc1ccccc1. The van der Waals surface area contributed by atoms with Crippen molar-refractivity contribution in [2.45, 2.75) is 25.8 Å². The first-order valence-corrected chi connectivity index (χ1v) is 8.11. The molecule has 0 aliphatic heterocycles. The number of amides is 2. The fraction of sp³-hybridized carbons (Fsp3) is 0.316. The molecule has 0 spiro atoms. The average Bonchev–Trinajstić information content (AvgIpc) is 3.05. The van der Waals surface area contributed by atoms with Crippen LogP contribution in [0, 0.1) is 0 Å². The normalized spacial score (nSPS) is 12.5. The lowest BCUT2D eigenvalue weighted by atomic mass is 10.1. The molecule has 2 aromatic carbocycles. The number of aryl methyl sites for hydroxylation is 2. The third-order valence-electron chi connectivity index (χ3n) is 4.02. The molecule has 2 N–H and O–H groups in total. The number of carbonyl (C=O) groups is 1. The maximum atomic E-state index is 11.7. The van der Waals surface area contributed by atoms with Gasteiger partial charge >= 0.3 is 6.03 Å². The third-order valence-corrected chi connectivity index (χ3v) is 4.02. The highest BCUT2D eigenvalue weighted by Crippen LogP contribution is 2.25. The quantitative estimate of drug-likeness (QED) is 0.806. The molecule has 0 fully saturated rings. The lowest BCUT2D eigenvalue weighted by Crippen LogP contribution is -2.37. The maximum Gasteiger partial charge on any atom is 0.315 e. The van der Waals surface area contributed by atoms with Gasteiger partial charge in [0, 0.05) is 6.54 Å². The van der Waals surface area contributed by atoms with Crippen molar-refractivity contribution in [3.05, 3.63) is 65.2 Å². The largest absolute Gasteiger partial charge is 0.492 e. The van der Waals surface area contributed by atoms with E-state index in [1.54, 1.807) is 0 Å². The second kappa shape index (κ2) is 7.68. The highest BCUT2D eigenvalue weighted by molar-refractivity contribution is 5.73. The maximum absolute atomic E-state index is 11.7. The van der Waals surface area contributed by atoms with Crippen molar-refractivity contribution in [3.63, 3.8) is 0 Å². The Morgan fingerprint density at radius 1 is 1.00 bits per heavy atom. The summed E-state index contributed by atoms with van der Waals surface area (Å²) in [7, 11) is 0. The Morgan fingerprint density at radius 2 is 1.83 bits per heavy atom. The molecular formula is C19H22N2O2. The molecule has 2 amide bonds. The molecule has 0 atom stereocenters. The topological polar surface area (TPSA) is 50.4 Å². The van der Waals surface area contributed by atoms with E-state index in [-0.39, 0.29) is 6.03 Å². The molecule has 0 bridgehead atoms. The molecule has 0 saturated carbocycles. The molecule has 23 heavy (non-hydrogen) atoms. The summed E-state index contributed by atoms with van der Waals surface area (Å²) in [5.74, 6) is 0.886. The second-order valence-corrected chi connectivity index (χ2v) is 5.73. The van der Waals surface area contributed by atoms with Gasteiger partial charge in [0.15, 0.2) is 0 Å². The molecule has 1 aliphatic rings. The van der Waals surface area contributed by atoms with E-state index in [0.29, 0.717) is 19.7 Å². The van der Waals surface area contributed by atoms with Crippen LogP contribution in [0.2, 0.25) is 0 Å². The van der Waals surface area contributed by atoms with E-state index in [4.69, 9.17) is 4.74 Å². The summed E-state index contributed by atoms with van der Waals surface area (Å²) >= 11 is 0. The van der Waals surface area contributed by atoms with Crippen LogP contribution in [0.15, 0.2) is 48.5 Å². The van der Waals surface area contributed by atoms with Gasteiger partial charge in [0.05, 0.1) is 6.54 Å². The summed E-state index contributed by atoms with van der Waals surface area (Å²) < 4.78 is 5.70. The molecule has 1 aliphatic carbocycles. The minimum atomic E-state index is -0.175. The van der Waals surface area contributed by atoms with Crippen molar-refractivity contribution in [1.82, 2.24) is 10.6 Å². The zero-order valence-electron chi connectivity index (χ0n) is 13.2. The number of benzene rings is 2. The zero-order chi connectivity index (χ0) is 15.9. The summed E-state index contributed by atoms with van der Waals surface area (Å²) in [6.07, 6.45) is 3.56. The first-order chi connectivity index (χ1) is 11.3. The molecule has 120 valence electrons. The summed E-state index contributed by atoms with van der Waals surface area (Å²) in [6.45, 7) is 1.48. The van der Waals surface area contributed by atoms with Crippen LogP contribution in [0.5, 0.6) is 5.75 Å². The van der Waals surface area contributed by atoms with Crippen molar-refractivity contribution < 1.29 is 9.53 Å². The molecule has 0 unspecified atom stereocenters. The van der Waals surface area contributed by atoms with Crippen LogP contribution in [-0.2, 0) is 19.4 Å². The number of rotatable bonds is 6. The standard InChI is InChI=1S/C19H22N2O2/c22-19(21-14-15-5-2-1-3-6-15)20-11-12-23-18-10-9-16-7-4-8-17(16)13-18/h1-3,5-6,9-10,13H,4,7-8,11-12,14H2,(H2,20,21,22). The number of hydrogen-bond donors (Lipinski definition) is 2. The van der Waals surface area contributed by atoms with Crippen LogP contribution in [-0.4, -0.2) is 19.2 Å². The highest BCUT2D eigenvalue weighted by Gasteiger charge is 2.11. The third kappa shape index (κ3) is 4.49. The summed E-state index contributed by atoms with van der Waals surface area (Å²) in [6, 6.07) is 16.0. The Hall–Kier alpha value is -2.49. The van der Waals surface area contributed by atoms with Crippen LogP contribution in [0.25, 0.3) is 0 Å². The van der Waals surface area contributed by atoms with Crippen molar-refractivity contribution in [1.29, 1.82) is 0 Å². The number of hydrogen-bond acceptors (Lipinski definition) is 2. The predicted molar refractivity (Wildman–Crippen MR) is 90.6 cm³/mol. The van der Waals surface area contributed by atoms with E-state index in [0.717, 1.165) is 17.7 Å². The van der Waals surface area contributed by atoms with E-state index < -0.39 is 0 Å². The van der Waals surface area contributed by atoms with Crippen molar-refractivity contribution >= 4 is 6.03 Å². The fourth-order valence-corrected chi connectivity index (χ4v) is 2.81. The number of urea groups is 1. The summed E-state index contributed by atoms with van der Waals surface area (Å²) in [5.41, 5.74) is 3.92. The average molecular weight is 310 g/mol. The first kappa shape index (κ1) is 15.4. The molecule has 4 nitrogen and oxygen atoms in total. The van der Waals surface area contributed by atoms with Gasteiger partial charge in [0.25, 0.3) is 0 Å². The minimum absolute atomic E-state index is 0.175. The number of nitrogens with one attached hydrogen (secondary N) is 2. The van der Waals surface area contributed by atoms with Crippen LogP contribution in [0.3, 0.4) is 0 Å². The molecule has 4 heteroatoms. The Bertz CT molecular complexity index is 656. The molecule has 0 radical (unpaired) electrons. The van der Waals surface area contributed by atoms with E-state index in [2.05, 4.69) is 22.8 Å². The van der Waals surface area contributed by atoms with E-state index in [9.17, 15) is 4.79 Å². The summed E-state index contributed by atoms with van der Waals surface area (Å²) in [4.78, 5) is 11.7. The van der Waals surface area contributed by atoms with Crippen LogP contribution in [0.4, 0.5) is 4.79 Å². The monoisotopic (exact) mass is 310 g/mol. The lowest BCUT2D eigenvalue weighted by Gasteiger charge is -2.10. The van der Waals surface area contributed by atoms with E-state index in [1.807, 2.05) is 36.4 Å². The molecule has 3 rings (SSSR count). The zero-order valence-corrected chi connectivity index (χ0v) is 13.2. The van der Waals surface area contributed by atoms with E-state index >= 15 is 0 Å². The second-order valence-electron chi connectivity index (χ2n) is 5.73. The number of carbonyl (C=O) groups excluding carboxylic acids is 1. The number of ether oxygens (including phenoxy) is 1. The Balaban J connectivity index is 1.34. The van der Waals surface area contributed by atoms with Crippen molar-refractivity contribution in [3.8, 4) is 5.75 Å². The molecule has 0 heterocycles. The van der Waals surface area contributed by atoms with Gasteiger partial charge in [-0.15, -0.1) is 0 Å². The molecule has 0 saturated heterocycles. The fourth-order valence-electron chi connectivity index (χ4n) is 2.81. The molecule has 0 aromatic heterocycles. The van der Waals surface area contributed by atoms with Gasteiger partial charge < -0.3 is 15.4 Å². The van der Waals surface area contributed by atoms with Gasteiger partial charge in [-0.25, -0.2) is 4.79 Å². The molecular weight excluding hydrogens is 288 g/mol. The highest BCUT2D eigenvalue weighted by atomic mass is 16.5. The van der Waals surface area contributed by atoms with Gasteiger partial charge in [0.2, 0.25) is 0 Å².